The molecule has 0 bridgehead atoms. The van der Waals surface area contributed by atoms with E-state index in [1.165, 1.54) is 19.3 Å². The molecule has 2 unspecified atom stereocenters. The average Bonchev–Trinajstić information content (AvgIpc) is 2.96. The average molecular weight is 260 g/mol. The summed E-state index contributed by atoms with van der Waals surface area (Å²) in [5, 5.41) is 7.28. The van der Waals surface area contributed by atoms with Gasteiger partial charge in [0.1, 0.15) is 0 Å². The molecule has 0 spiro atoms. The van der Waals surface area contributed by atoms with Gasteiger partial charge >= 0.3 is 0 Å². The quantitative estimate of drug-likeness (QED) is 0.842. The van der Waals surface area contributed by atoms with Gasteiger partial charge in [0, 0.05) is 24.0 Å². The topological polar surface area (TPSA) is 46.5 Å². The van der Waals surface area contributed by atoms with Crippen LogP contribution in [0.4, 0.5) is 0 Å². The lowest BCUT2D eigenvalue weighted by atomic mass is 10.1. The van der Waals surface area contributed by atoms with Gasteiger partial charge in [0.2, 0.25) is 0 Å². The van der Waals surface area contributed by atoms with Gasteiger partial charge in [0.25, 0.3) is 0 Å². The molecule has 2 aromatic heterocycles. The molecule has 4 nitrogen and oxygen atoms in total. The second-order valence-electron chi connectivity index (χ2n) is 5.04. The summed E-state index contributed by atoms with van der Waals surface area (Å²) < 4.78 is 2.88. The van der Waals surface area contributed by atoms with Gasteiger partial charge < -0.3 is 0 Å². The lowest BCUT2D eigenvalue weighted by molar-refractivity contribution is 0.492. The maximum Gasteiger partial charge on any atom is 0.195 e. The van der Waals surface area contributed by atoms with Crippen molar-refractivity contribution in [1.82, 2.24) is 19.7 Å². The summed E-state index contributed by atoms with van der Waals surface area (Å²) in [5.74, 6) is 1.68. The Balaban J connectivity index is 2.05. The van der Waals surface area contributed by atoms with Crippen LogP contribution in [0.15, 0.2) is 24.5 Å². The fourth-order valence-corrected chi connectivity index (χ4v) is 3.03. The minimum absolute atomic E-state index is 0.474. The number of pyridine rings is 1. The van der Waals surface area contributed by atoms with Crippen molar-refractivity contribution in [1.29, 1.82) is 0 Å². The molecule has 94 valence electrons. The molecule has 1 fully saturated rings. The zero-order chi connectivity index (χ0) is 12.5. The standard InChI is InChI=1S/C13H16N4S/c1-9-4-5-11(7-9)17-12(15-16-13(17)18)10-3-2-6-14-8-10/h2-3,6,8-9,11H,4-5,7H2,1H3,(H,16,18). The van der Waals surface area contributed by atoms with E-state index < -0.39 is 0 Å². The second kappa shape index (κ2) is 4.65. The predicted octanol–water partition coefficient (Wildman–Crippen LogP) is 3.36. The molecule has 1 aliphatic rings. The second-order valence-corrected chi connectivity index (χ2v) is 5.42. The van der Waals surface area contributed by atoms with E-state index in [9.17, 15) is 0 Å². The molecule has 18 heavy (non-hydrogen) atoms. The van der Waals surface area contributed by atoms with Gasteiger partial charge in [0.05, 0.1) is 0 Å². The molecule has 0 aromatic carbocycles. The van der Waals surface area contributed by atoms with E-state index in [1.807, 2.05) is 18.3 Å². The van der Waals surface area contributed by atoms with Gasteiger partial charge in [-0.1, -0.05) is 6.92 Å². The Bertz CT molecular complexity index is 587. The van der Waals surface area contributed by atoms with Crippen LogP contribution in [-0.4, -0.2) is 19.7 Å². The predicted molar refractivity (Wildman–Crippen MR) is 72.7 cm³/mol. The van der Waals surface area contributed by atoms with E-state index in [0.717, 1.165) is 17.3 Å². The van der Waals surface area contributed by atoms with Crippen molar-refractivity contribution in [3.05, 3.63) is 29.3 Å². The Morgan fingerprint density at radius 2 is 2.33 bits per heavy atom. The van der Waals surface area contributed by atoms with Crippen molar-refractivity contribution in [2.24, 2.45) is 5.92 Å². The van der Waals surface area contributed by atoms with Gasteiger partial charge in [-0.25, -0.2) is 0 Å². The van der Waals surface area contributed by atoms with Crippen molar-refractivity contribution in [3.63, 3.8) is 0 Å². The number of H-pyrrole nitrogens is 1. The summed E-state index contributed by atoms with van der Waals surface area (Å²) in [5.41, 5.74) is 1.02. The number of rotatable bonds is 2. The monoisotopic (exact) mass is 260 g/mol. The highest BCUT2D eigenvalue weighted by molar-refractivity contribution is 7.71. The van der Waals surface area contributed by atoms with E-state index in [4.69, 9.17) is 12.2 Å². The van der Waals surface area contributed by atoms with Crippen molar-refractivity contribution in [2.45, 2.75) is 32.2 Å². The summed E-state index contributed by atoms with van der Waals surface area (Å²) >= 11 is 5.37. The number of aromatic nitrogens is 4. The fourth-order valence-electron chi connectivity index (χ4n) is 2.75. The van der Waals surface area contributed by atoms with Crippen molar-refractivity contribution in [3.8, 4) is 11.4 Å². The van der Waals surface area contributed by atoms with Crippen molar-refractivity contribution in [2.75, 3.05) is 0 Å². The number of hydrogen-bond acceptors (Lipinski definition) is 3. The smallest absolute Gasteiger partial charge is 0.195 e. The molecule has 2 aromatic rings. The first-order valence-corrected chi connectivity index (χ1v) is 6.74. The van der Waals surface area contributed by atoms with Gasteiger partial charge in [-0.15, -0.1) is 0 Å². The number of hydrogen-bond donors (Lipinski definition) is 1. The first kappa shape index (κ1) is 11.6. The third-order valence-electron chi connectivity index (χ3n) is 3.66. The minimum atomic E-state index is 0.474. The lowest BCUT2D eigenvalue weighted by Gasteiger charge is -2.14. The number of nitrogens with zero attached hydrogens (tertiary/aromatic N) is 3. The van der Waals surface area contributed by atoms with E-state index in [0.29, 0.717) is 10.8 Å². The summed E-state index contributed by atoms with van der Waals surface area (Å²) in [4.78, 5) is 4.15. The Morgan fingerprint density at radius 3 is 3.00 bits per heavy atom. The van der Waals surface area contributed by atoms with Gasteiger partial charge in [-0.05, 0) is 49.5 Å². The Labute approximate surface area is 111 Å². The van der Waals surface area contributed by atoms with Crippen LogP contribution in [-0.2, 0) is 0 Å². The summed E-state index contributed by atoms with van der Waals surface area (Å²) in [6.07, 6.45) is 7.24. The molecule has 0 aliphatic heterocycles. The van der Waals surface area contributed by atoms with Crippen LogP contribution in [0.3, 0.4) is 0 Å². The zero-order valence-corrected chi connectivity index (χ0v) is 11.2. The Kier molecular flexibility index (Phi) is 2.99. The van der Waals surface area contributed by atoms with Crippen molar-refractivity contribution >= 4 is 12.2 Å². The lowest BCUT2D eigenvalue weighted by Crippen LogP contribution is -2.07. The van der Waals surface area contributed by atoms with Crippen molar-refractivity contribution < 1.29 is 0 Å². The number of aromatic amines is 1. The van der Waals surface area contributed by atoms with E-state index in [1.54, 1.807) is 6.20 Å². The highest BCUT2D eigenvalue weighted by Gasteiger charge is 2.26. The first-order valence-electron chi connectivity index (χ1n) is 6.33. The molecule has 1 aliphatic carbocycles. The third-order valence-corrected chi connectivity index (χ3v) is 3.94. The number of nitrogens with one attached hydrogen (secondary N) is 1. The molecule has 2 atom stereocenters. The van der Waals surface area contributed by atoms with E-state index >= 15 is 0 Å². The van der Waals surface area contributed by atoms with Gasteiger partial charge in [-0.3, -0.25) is 14.6 Å². The summed E-state index contributed by atoms with van der Waals surface area (Å²) in [6.45, 7) is 2.30. The summed E-state index contributed by atoms with van der Waals surface area (Å²) in [7, 11) is 0. The molecule has 3 rings (SSSR count). The zero-order valence-electron chi connectivity index (χ0n) is 10.3. The first-order chi connectivity index (χ1) is 8.75. The van der Waals surface area contributed by atoms with Crippen LogP contribution in [0.1, 0.15) is 32.2 Å². The van der Waals surface area contributed by atoms with Gasteiger partial charge in [-0.2, -0.15) is 5.10 Å². The molecule has 0 saturated heterocycles. The molecule has 0 radical (unpaired) electrons. The fraction of sp³-hybridized carbons (Fsp3) is 0.462. The van der Waals surface area contributed by atoms with Crippen LogP contribution in [0, 0.1) is 10.7 Å². The largest absolute Gasteiger partial charge is 0.297 e. The Morgan fingerprint density at radius 1 is 1.44 bits per heavy atom. The molecule has 1 N–H and O–H groups in total. The molecule has 1 saturated carbocycles. The van der Waals surface area contributed by atoms with Crippen LogP contribution >= 0.6 is 12.2 Å². The maximum atomic E-state index is 5.37. The summed E-state index contributed by atoms with van der Waals surface area (Å²) in [6, 6.07) is 4.42. The highest BCUT2D eigenvalue weighted by Crippen LogP contribution is 2.36. The van der Waals surface area contributed by atoms with Crippen LogP contribution in [0.5, 0.6) is 0 Å². The molecule has 0 amide bonds. The van der Waals surface area contributed by atoms with Crippen LogP contribution in [0.25, 0.3) is 11.4 Å². The highest BCUT2D eigenvalue weighted by atomic mass is 32.1. The Hall–Kier alpha value is -1.49. The molecule has 5 heteroatoms. The van der Waals surface area contributed by atoms with Crippen LogP contribution in [0.2, 0.25) is 0 Å². The normalized spacial score (nSPS) is 23.4. The molecular formula is C13H16N4S. The minimum Gasteiger partial charge on any atom is -0.297 e. The van der Waals surface area contributed by atoms with Gasteiger partial charge in [0.15, 0.2) is 10.6 Å². The SMILES string of the molecule is CC1CCC(n2c(-c3cccnc3)n[nH]c2=S)C1. The van der Waals surface area contributed by atoms with E-state index in [2.05, 4.69) is 26.7 Å². The molecular weight excluding hydrogens is 244 g/mol. The maximum absolute atomic E-state index is 5.37. The van der Waals surface area contributed by atoms with Crippen LogP contribution < -0.4 is 0 Å². The van der Waals surface area contributed by atoms with E-state index in [-0.39, 0.29) is 0 Å². The third kappa shape index (κ3) is 1.99. The molecule has 2 heterocycles.